The predicted molar refractivity (Wildman–Crippen MR) is 64.3 cm³/mol. The monoisotopic (exact) mass is 228 g/mol. The summed E-state index contributed by atoms with van der Waals surface area (Å²) >= 11 is 0. The Hall–Kier alpha value is -0.610. The molecule has 0 aromatic heterocycles. The molecule has 1 amide bonds. The van der Waals surface area contributed by atoms with Crippen LogP contribution in [0.2, 0.25) is 0 Å². The molecule has 16 heavy (non-hydrogen) atoms. The number of rotatable bonds is 8. The van der Waals surface area contributed by atoms with Gasteiger partial charge in [0.2, 0.25) is 5.91 Å². The minimum absolute atomic E-state index is 0.0867. The molecule has 0 aromatic rings. The molecule has 0 bridgehead atoms. The lowest BCUT2D eigenvalue weighted by molar-refractivity contribution is -0.123. The number of methoxy groups -OCH3 is 1. The summed E-state index contributed by atoms with van der Waals surface area (Å²) in [7, 11) is 1.67. The smallest absolute Gasteiger partial charge is 0.236 e. The Morgan fingerprint density at radius 1 is 1.44 bits per heavy atom. The third kappa shape index (κ3) is 4.94. The summed E-state index contributed by atoms with van der Waals surface area (Å²) in [6, 6.07) is 0.359. The number of ether oxygens (including phenoxy) is 1. The Bertz CT molecular complexity index is 217. The number of hydrogen-bond acceptors (Lipinski definition) is 3. The largest absolute Gasteiger partial charge is 0.385 e. The van der Waals surface area contributed by atoms with Gasteiger partial charge in [-0.15, -0.1) is 0 Å². The first-order valence-electron chi connectivity index (χ1n) is 6.18. The minimum Gasteiger partial charge on any atom is -0.385 e. The fourth-order valence-corrected chi connectivity index (χ4v) is 1.78. The van der Waals surface area contributed by atoms with E-state index in [0.29, 0.717) is 19.2 Å². The second-order valence-electron chi connectivity index (χ2n) is 4.65. The predicted octanol–water partition coefficient (Wildman–Crippen LogP) is 0.916. The van der Waals surface area contributed by atoms with Gasteiger partial charge < -0.3 is 15.4 Å². The summed E-state index contributed by atoms with van der Waals surface area (Å²) in [5.41, 5.74) is 0. The van der Waals surface area contributed by atoms with Crippen molar-refractivity contribution >= 4 is 5.91 Å². The summed E-state index contributed by atoms with van der Waals surface area (Å²) in [5.74, 6) is 0.868. The third-order valence-corrected chi connectivity index (χ3v) is 3.06. The molecule has 2 N–H and O–H groups in total. The number of amides is 1. The van der Waals surface area contributed by atoms with Crippen molar-refractivity contribution in [3.05, 3.63) is 0 Å². The zero-order valence-corrected chi connectivity index (χ0v) is 10.6. The first-order valence-corrected chi connectivity index (χ1v) is 6.18. The Morgan fingerprint density at radius 2 is 2.12 bits per heavy atom. The van der Waals surface area contributed by atoms with Crippen LogP contribution in [0, 0.1) is 5.92 Å². The van der Waals surface area contributed by atoms with Crippen molar-refractivity contribution in [2.75, 3.05) is 20.3 Å². The van der Waals surface area contributed by atoms with E-state index in [-0.39, 0.29) is 11.9 Å². The van der Waals surface area contributed by atoms with Gasteiger partial charge in [0.1, 0.15) is 0 Å². The number of carbonyl (C=O) groups excluding carboxylic acids is 1. The Morgan fingerprint density at radius 3 is 2.69 bits per heavy atom. The van der Waals surface area contributed by atoms with Gasteiger partial charge in [-0.2, -0.15) is 0 Å². The summed E-state index contributed by atoms with van der Waals surface area (Å²) < 4.78 is 4.92. The van der Waals surface area contributed by atoms with Gasteiger partial charge in [0.25, 0.3) is 0 Å². The molecule has 0 aromatic carbocycles. The normalized spacial score (nSPS) is 19.2. The van der Waals surface area contributed by atoms with Crippen molar-refractivity contribution < 1.29 is 9.53 Å². The zero-order valence-electron chi connectivity index (χ0n) is 10.6. The molecule has 0 heterocycles. The van der Waals surface area contributed by atoms with E-state index in [0.717, 1.165) is 12.3 Å². The average molecular weight is 228 g/mol. The topological polar surface area (TPSA) is 50.4 Å². The van der Waals surface area contributed by atoms with Crippen molar-refractivity contribution in [1.29, 1.82) is 0 Å². The highest BCUT2D eigenvalue weighted by Gasteiger charge is 2.29. The molecular formula is C12H24N2O2. The van der Waals surface area contributed by atoms with E-state index in [1.165, 1.54) is 12.8 Å². The fourth-order valence-electron chi connectivity index (χ4n) is 1.78. The molecule has 94 valence electrons. The molecule has 0 radical (unpaired) electrons. The molecule has 1 rings (SSSR count). The van der Waals surface area contributed by atoms with Crippen LogP contribution in [0.4, 0.5) is 0 Å². The molecule has 2 atom stereocenters. The van der Waals surface area contributed by atoms with Crippen LogP contribution >= 0.6 is 0 Å². The molecule has 1 aliphatic rings. The summed E-state index contributed by atoms with van der Waals surface area (Å²) in [6.45, 7) is 5.47. The second kappa shape index (κ2) is 6.86. The van der Waals surface area contributed by atoms with Gasteiger partial charge in [-0.3, -0.25) is 4.79 Å². The van der Waals surface area contributed by atoms with Gasteiger partial charge in [-0.05, 0) is 39.0 Å². The van der Waals surface area contributed by atoms with Crippen LogP contribution in [0.3, 0.4) is 0 Å². The Kier molecular flexibility index (Phi) is 5.77. The first-order chi connectivity index (χ1) is 7.65. The SMILES string of the molecule is COCCCNC(=O)C(C)NC(C)C1CC1. The molecule has 1 aliphatic carbocycles. The molecule has 2 unspecified atom stereocenters. The highest BCUT2D eigenvalue weighted by molar-refractivity contribution is 5.81. The number of nitrogens with one attached hydrogen (secondary N) is 2. The third-order valence-electron chi connectivity index (χ3n) is 3.06. The Labute approximate surface area is 98.1 Å². The maximum atomic E-state index is 11.7. The van der Waals surface area contributed by atoms with E-state index in [2.05, 4.69) is 17.6 Å². The van der Waals surface area contributed by atoms with E-state index in [1.807, 2.05) is 6.92 Å². The molecule has 4 heteroatoms. The van der Waals surface area contributed by atoms with Crippen LogP contribution in [-0.4, -0.2) is 38.3 Å². The maximum absolute atomic E-state index is 11.7. The minimum atomic E-state index is -0.0989. The summed E-state index contributed by atoms with van der Waals surface area (Å²) in [6.07, 6.45) is 3.47. The number of carbonyl (C=O) groups is 1. The average Bonchev–Trinajstić information content (AvgIpc) is 3.07. The highest BCUT2D eigenvalue weighted by atomic mass is 16.5. The van der Waals surface area contributed by atoms with Gasteiger partial charge in [-0.25, -0.2) is 0 Å². The van der Waals surface area contributed by atoms with E-state index in [9.17, 15) is 4.79 Å². The molecule has 4 nitrogen and oxygen atoms in total. The van der Waals surface area contributed by atoms with Crippen molar-refractivity contribution in [2.45, 2.75) is 45.2 Å². The second-order valence-corrected chi connectivity index (χ2v) is 4.65. The van der Waals surface area contributed by atoms with Crippen LogP contribution in [-0.2, 0) is 9.53 Å². The van der Waals surface area contributed by atoms with Gasteiger partial charge in [0.05, 0.1) is 6.04 Å². The van der Waals surface area contributed by atoms with E-state index < -0.39 is 0 Å². The fraction of sp³-hybridized carbons (Fsp3) is 0.917. The van der Waals surface area contributed by atoms with Gasteiger partial charge in [0, 0.05) is 26.3 Å². The standard InChI is InChI=1S/C12H24N2O2/c1-9(11-5-6-11)14-10(2)12(15)13-7-4-8-16-3/h9-11,14H,4-8H2,1-3H3,(H,13,15). The van der Waals surface area contributed by atoms with Crippen molar-refractivity contribution in [3.63, 3.8) is 0 Å². The molecule has 0 aliphatic heterocycles. The van der Waals surface area contributed by atoms with E-state index in [4.69, 9.17) is 4.74 Å². The molecular weight excluding hydrogens is 204 g/mol. The molecule has 1 saturated carbocycles. The van der Waals surface area contributed by atoms with E-state index in [1.54, 1.807) is 7.11 Å². The van der Waals surface area contributed by atoms with Crippen LogP contribution in [0.15, 0.2) is 0 Å². The van der Waals surface area contributed by atoms with Gasteiger partial charge >= 0.3 is 0 Å². The van der Waals surface area contributed by atoms with E-state index >= 15 is 0 Å². The summed E-state index contributed by atoms with van der Waals surface area (Å²) in [5, 5.41) is 6.24. The molecule has 0 spiro atoms. The first kappa shape index (κ1) is 13.5. The van der Waals surface area contributed by atoms with Crippen molar-refractivity contribution in [2.24, 2.45) is 5.92 Å². The number of hydrogen-bond donors (Lipinski definition) is 2. The lowest BCUT2D eigenvalue weighted by atomic mass is 10.2. The van der Waals surface area contributed by atoms with Crippen molar-refractivity contribution in [3.8, 4) is 0 Å². The lowest BCUT2D eigenvalue weighted by Gasteiger charge is -2.19. The van der Waals surface area contributed by atoms with Gasteiger partial charge in [0.15, 0.2) is 0 Å². The highest BCUT2D eigenvalue weighted by Crippen LogP contribution is 2.32. The van der Waals surface area contributed by atoms with Crippen LogP contribution < -0.4 is 10.6 Å². The van der Waals surface area contributed by atoms with Crippen LogP contribution in [0.25, 0.3) is 0 Å². The summed E-state index contributed by atoms with van der Waals surface area (Å²) in [4.78, 5) is 11.7. The van der Waals surface area contributed by atoms with Gasteiger partial charge in [-0.1, -0.05) is 0 Å². The van der Waals surface area contributed by atoms with Crippen LogP contribution in [0.5, 0.6) is 0 Å². The maximum Gasteiger partial charge on any atom is 0.236 e. The Balaban J connectivity index is 2.09. The molecule has 1 fully saturated rings. The zero-order chi connectivity index (χ0) is 12.0. The lowest BCUT2D eigenvalue weighted by Crippen LogP contribution is -2.46. The molecule has 0 saturated heterocycles. The van der Waals surface area contributed by atoms with Crippen LogP contribution in [0.1, 0.15) is 33.1 Å². The quantitative estimate of drug-likeness (QED) is 0.607. The van der Waals surface area contributed by atoms with Crippen molar-refractivity contribution in [1.82, 2.24) is 10.6 Å².